The predicted molar refractivity (Wildman–Crippen MR) is 94.6 cm³/mol. The number of hydrogen-bond acceptors (Lipinski definition) is 6. The van der Waals surface area contributed by atoms with Crippen LogP contribution < -0.4 is 9.80 Å². The van der Waals surface area contributed by atoms with Gasteiger partial charge < -0.3 is 9.80 Å². The summed E-state index contributed by atoms with van der Waals surface area (Å²) in [4.78, 5) is 15.2. The number of rotatable bonds is 3. The van der Waals surface area contributed by atoms with E-state index in [9.17, 15) is 13.2 Å². The maximum absolute atomic E-state index is 12.9. The fourth-order valence-corrected chi connectivity index (χ4v) is 3.36. The molecule has 1 saturated heterocycles. The molecular formula is C17H16ClF3N6. The van der Waals surface area contributed by atoms with Gasteiger partial charge in [-0.1, -0.05) is 11.6 Å². The molecule has 1 aliphatic heterocycles. The van der Waals surface area contributed by atoms with E-state index in [1.807, 2.05) is 11.0 Å². The summed E-state index contributed by atoms with van der Waals surface area (Å²) in [7, 11) is 1.71. The lowest BCUT2D eigenvalue weighted by Gasteiger charge is -2.39. The second-order valence-electron chi connectivity index (χ2n) is 6.25. The summed E-state index contributed by atoms with van der Waals surface area (Å²) >= 11 is 6.24. The molecule has 0 bridgehead atoms. The van der Waals surface area contributed by atoms with Crippen LogP contribution in [0, 0.1) is 11.3 Å². The number of likely N-dealkylation sites (N-methyl/N-ethyl adjacent to an activating group) is 1. The summed E-state index contributed by atoms with van der Waals surface area (Å²) in [5, 5.41) is 9.30. The quantitative estimate of drug-likeness (QED) is 0.790. The lowest BCUT2D eigenvalue weighted by atomic mass is 10.0. The number of nitrogens with zero attached hydrogens (tertiary/aromatic N) is 6. The zero-order chi connectivity index (χ0) is 19.6. The zero-order valence-electron chi connectivity index (χ0n) is 14.4. The van der Waals surface area contributed by atoms with Gasteiger partial charge in [-0.25, -0.2) is 15.0 Å². The number of pyridine rings is 1. The molecule has 27 heavy (non-hydrogen) atoms. The second kappa shape index (κ2) is 7.56. The Morgan fingerprint density at radius 1 is 1.30 bits per heavy atom. The summed E-state index contributed by atoms with van der Waals surface area (Å²) in [6.45, 7) is 1.25. The normalized spacial score (nSPS) is 17.5. The van der Waals surface area contributed by atoms with Gasteiger partial charge in [-0.3, -0.25) is 0 Å². The van der Waals surface area contributed by atoms with Crippen molar-refractivity contribution in [2.45, 2.75) is 25.1 Å². The molecule has 2 aromatic heterocycles. The third-order valence-electron chi connectivity index (χ3n) is 4.50. The number of anilines is 2. The fourth-order valence-electron chi connectivity index (χ4n) is 3.07. The van der Waals surface area contributed by atoms with Crippen molar-refractivity contribution in [3.63, 3.8) is 0 Å². The maximum atomic E-state index is 12.9. The van der Waals surface area contributed by atoms with Crippen LogP contribution in [0.5, 0.6) is 0 Å². The predicted octanol–water partition coefficient (Wildman–Crippen LogP) is 3.52. The molecule has 0 aliphatic carbocycles. The Morgan fingerprint density at radius 3 is 2.74 bits per heavy atom. The average molecular weight is 397 g/mol. The number of alkyl halides is 3. The Labute approximate surface area is 159 Å². The van der Waals surface area contributed by atoms with Crippen molar-refractivity contribution < 1.29 is 13.2 Å². The van der Waals surface area contributed by atoms with Crippen molar-refractivity contribution in [2.24, 2.45) is 0 Å². The SMILES string of the molecule is CN(c1cc(C(F)(F)F)ncn1)C1CCCN(c2ncc(C#N)cc2Cl)C1. The van der Waals surface area contributed by atoms with Crippen molar-refractivity contribution in [3.05, 3.63) is 40.9 Å². The van der Waals surface area contributed by atoms with Crippen LogP contribution in [0.3, 0.4) is 0 Å². The second-order valence-corrected chi connectivity index (χ2v) is 6.66. The van der Waals surface area contributed by atoms with Crippen molar-refractivity contribution in [2.75, 3.05) is 29.9 Å². The van der Waals surface area contributed by atoms with Crippen molar-refractivity contribution in [1.82, 2.24) is 15.0 Å². The number of aromatic nitrogens is 3. The molecule has 0 amide bonds. The van der Waals surface area contributed by atoms with Crippen LogP contribution in [0.2, 0.25) is 5.02 Å². The van der Waals surface area contributed by atoms with Gasteiger partial charge in [-0.05, 0) is 18.9 Å². The van der Waals surface area contributed by atoms with E-state index < -0.39 is 11.9 Å². The van der Waals surface area contributed by atoms with E-state index in [0.29, 0.717) is 22.9 Å². The van der Waals surface area contributed by atoms with Gasteiger partial charge in [0.25, 0.3) is 0 Å². The number of hydrogen-bond donors (Lipinski definition) is 0. The highest BCUT2D eigenvalue weighted by atomic mass is 35.5. The first-order valence-electron chi connectivity index (χ1n) is 8.22. The largest absolute Gasteiger partial charge is 0.433 e. The van der Waals surface area contributed by atoms with Gasteiger partial charge >= 0.3 is 6.18 Å². The first-order chi connectivity index (χ1) is 12.8. The molecule has 1 unspecified atom stereocenters. The van der Waals surface area contributed by atoms with E-state index in [-0.39, 0.29) is 11.9 Å². The standard InChI is InChI=1S/C17H16ClF3N6/c1-26(15-6-14(17(19,20)21)24-10-25-15)12-3-2-4-27(9-12)16-13(18)5-11(7-22)8-23-16/h5-6,8,10,12H,2-4,9H2,1H3. The summed E-state index contributed by atoms with van der Waals surface area (Å²) in [5.74, 6) is 0.774. The molecule has 1 aliphatic rings. The minimum atomic E-state index is -4.52. The van der Waals surface area contributed by atoms with E-state index in [1.54, 1.807) is 18.0 Å². The first-order valence-corrected chi connectivity index (χ1v) is 8.60. The fraction of sp³-hybridized carbons (Fsp3) is 0.412. The molecule has 1 fully saturated rings. The Morgan fingerprint density at radius 2 is 2.07 bits per heavy atom. The van der Waals surface area contributed by atoms with Gasteiger partial charge in [-0.2, -0.15) is 18.4 Å². The molecule has 3 heterocycles. The van der Waals surface area contributed by atoms with Gasteiger partial charge in [0.05, 0.1) is 10.6 Å². The lowest BCUT2D eigenvalue weighted by Crippen LogP contribution is -2.47. The Hall–Kier alpha value is -2.60. The Bertz CT molecular complexity index is 866. The molecule has 0 saturated carbocycles. The van der Waals surface area contributed by atoms with E-state index in [1.165, 1.54) is 6.20 Å². The van der Waals surface area contributed by atoms with E-state index in [4.69, 9.17) is 16.9 Å². The molecular weight excluding hydrogens is 381 g/mol. The lowest BCUT2D eigenvalue weighted by molar-refractivity contribution is -0.141. The zero-order valence-corrected chi connectivity index (χ0v) is 15.2. The third-order valence-corrected chi connectivity index (χ3v) is 4.78. The van der Waals surface area contributed by atoms with Crippen LogP contribution in [-0.2, 0) is 6.18 Å². The highest BCUT2D eigenvalue weighted by Gasteiger charge is 2.34. The molecule has 142 valence electrons. The van der Waals surface area contributed by atoms with Gasteiger partial charge in [0.1, 0.15) is 29.7 Å². The van der Waals surface area contributed by atoms with E-state index >= 15 is 0 Å². The monoisotopic (exact) mass is 396 g/mol. The van der Waals surface area contributed by atoms with Crippen molar-refractivity contribution >= 4 is 23.2 Å². The molecule has 1 atom stereocenters. The van der Waals surface area contributed by atoms with Crippen LogP contribution in [0.15, 0.2) is 24.7 Å². The minimum Gasteiger partial charge on any atom is -0.355 e. The summed E-state index contributed by atoms with van der Waals surface area (Å²) in [5.41, 5.74) is -0.598. The molecule has 0 N–H and O–H groups in total. The molecule has 2 aromatic rings. The maximum Gasteiger partial charge on any atom is 0.433 e. The summed E-state index contributed by atoms with van der Waals surface area (Å²) < 4.78 is 38.7. The smallest absolute Gasteiger partial charge is 0.355 e. The van der Waals surface area contributed by atoms with Crippen LogP contribution in [0.25, 0.3) is 0 Å². The van der Waals surface area contributed by atoms with Crippen molar-refractivity contribution in [3.8, 4) is 6.07 Å². The van der Waals surface area contributed by atoms with Gasteiger partial charge in [-0.15, -0.1) is 0 Å². The Balaban J connectivity index is 1.79. The van der Waals surface area contributed by atoms with E-state index in [0.717, 1.165) is 31.8 Å². The van der Waals surface area contributed by atoms with Crippen molar-refractivity contribution in [1.29, 1.82) is 5.26 Å². The van der Waals surface area contributed by atoms with Crippen LogP contribution in [0.1, 0.15) is 24.1 Å². The van der Waals surface area contributed by atoms with Gasteiger partial charge in [0.2, 0.25) is 0 Å². The number of halogens is 4. The van der Waals surface area contributed by atoms with Gasteiger partial charge in [0.15, 0.2) is 0 Å². The topological polar surface area (TPSA) is 68.9 Å². The van der Waals surface area contributed by atoms with Crippen LogP contribution in [0.4, 0.5) is 24.8 Å². The van der Waals surface area contributed by atoms with Crippen LogP contribution >= 0.6 is 11.6 Å². The van der Waals surface area contributed by atoms with Gasteiger partial charge in [0, 0.05) is 38.4 Å². The number of piperidine rings is 1. The summed E-state index contributed by atoms with van der Waals surface area (Å²) in [6, 6.07) is 4.42. The summed E-state index contributed by atoms with van der Waals surface area (Å²) in [6.07, 6.45) is -0.517. The molecule has 0 aromatic carbocycles. The molecule has 10 heteroatoms. The highest BCUT2D eigenvalue weighted by molar-refractivity contribution is 6.33. The average Bonchev–Trinajstić information content (AvgIpc) is 2.66. The Kier molecular flexibility index (Phi) is 5.37. The molecule has 0 radical (unpaired) electrons. The highest BCUT2D eigenvalue weighted by Crippen LogP contribution is 2.31. The van der Waals surface area contributed by atoms with Crippen LogP contribution in [-0.4, -0.2) is 41.1 Å². The molecule has 0 spiro atoms. The first kappa shape index (κ1) is 19.2. The minimum absolute atomic E-state index is 0.0664. The molecule has 6 nitrogen and oxygen atoms in total. The van der Waals surface area contributed by atoms with E-state index in [2.05, 4.69) is 15.0 Å². The third kappa shape index (κ3) is 4.22. The number of nitriles is 1. The molecule has 3 rings (SSSR count).